The Morgan fingerprint density at radius 1 is 1.38 bits per heavy atom. The monoisotopic (exact) mass is 222 g/mol. The van der Waals surface area contributed by atoms with Gasteiger partial charge in [0.05, 0.1) is 7.11 Å². The standard InChI is InChI=1S/C11H14N2O3/c1-3-10(14)12-9-6-4-5-8(7-9)11(15)13-16-2/h4-7H,3H2,1-2H3,(H,12,14)(H,13,15). The summed E-state index contributed by atoms with van der Waals surface area (Å²) in [4.78, 5) is 27.1. The van der Waals surface area contributed by atoms with Crippen molar-refractivity contribution in [3.8, 4) is 0 Å². The lowest BCUT2D eigenvalue weighted by atomic mass is 10.2. The van der Waals surface area contributed by atoms with Crippen molar-refractivity contribution in [1.82, 2.24) is 5.48 Å². The van der Waals surface area contributed by atoms with Crippen molar-refractivity contribution in [2.45, 2.75) is 13.3 Å². The molecule has 0 aliphatic carbocycles. The minimum Gasteiger partial charge on any atom is -0.326 e. The summed E-state index contributed by atoms with van der Waals surface area (Å²) in [5.74, 6) is -0.445. The molecule has 0 aliphatic rings. The Labute approximate surface area is 93.7 Å². The van der Waals surface area contributed by atoms with Gasteiger partial charge in [-0.3, -0.25) is 14.4 Å². The van der Waals surface area contributed by atoms with Crippen LogP contribution in [0, 0.1) is 0 Å². The van der Waals surface area contributed by atoms with Gasteiger partial charge in [0.2, 0.25) is 5.91 Å². The number of nitrogens with one attached hydrogen (secondary N) is 2. The van der Waals surface area contributed by atoms with E-state index < -0.39 is 0 Å². The van der Waals surface area contributed by atoms with Crippen molar-refractivity contribution in [3.05, 3.63) is 29.8 Å². The minimum absolute atomic E-state index is 0.0932. The summed E-state index contributed by atoms with van der Waals surface area (Å²) in [7, 11) is 1.36. The predicted molar refractivity (Wildman–Crippen MR) is 59.8 cm³/mol. The third-order valence-electron chi connectivity index (χ3n) is 1.92. The summed E-state index contributed by atoms with van der Waals surface area (Å²) >= 11 is 0. The van der Waals surface area contributed by atoms with E-state index in [4.69, 9.17) is 0 Å². The van der Waals surface area contributed by atoms with E-state index in [2.05, 4.69) is 15.6 Å². The molecule has 2 amide bonds. The number of benzene rings is 1. The molecule has 0 aromatic heterocycles. The molecule has 2 N–H and O–H groups in total. The summed E-state index contributed by atoms with van der Waals surface area (Å²) < 4.78 is 0. The van der Waals surface area contributed by atoms with Gasteiger partial charge >= 0.3 is 0 Å². The van der Waals surface area contributed by atoms with Gasteiger partial charge in [0.15, 0.2) is 0 Å². The second-order valence-corrected chi connectivity index (χ2v) is 3.12. The number of hydroxylamine groups is 1. The molecule has 1 aromatic carbocycles. The summed E-state index contributed by atoms with van der Waals surface area (Å²) in [5, 5.41) is 2.67. The lowest BCUT2D eigenvalue weighted by Crippen LogP contribution is -2.22. The first-order valence-electron chi connectivity index (χ1n) is 4.90. The number of carbonyl (C=O) groups is 2. The van der Waals surface area contributed by atoms with E-state index in [1.165, 1.54) is 7.11 Å². The van der Waals surface area contributed by atoms with E-state index in [-0.39, 0.29) is 11.8 Å². The maximum Gasteiger partial charge on any atom is 0.274 e. The molecule has 0 heterocycles. The van der Waals surface area contributed by atoms with Gasteiger partial charge in [-0.2, -0.15) is 0 Å². The second kappa shape index (κ2) is 5.87. The van der Waals surface area contributed by atoms with Gasteiger partial charge in [-0.05, 0) is 18.2 Å². The highest BCUT2D eigenvalue weighted by atomic mass is 16.6. The molecule has 0 bridgehead atoms. The Hall–Kier alpha value is -1.88. The summed E-state index contributed by atoms with van der Waals surface area (Å²) in [6.07, 6.45) is 0.397. The molecule has 0 atom stereocenters. The average molecular weight is 222 g/mol. The van der Waals surface area contributed by atoms with Crippen LogP contribution in [0.2, 0.25) is 0 Å². The Morgan fingerprint density at radius 3 is 2.75 bits per heavy atom. The van der Waals surface area contributed by atoms with Crippen LogP contribution in [0.1, 0.15) is 23.7 Å². The quantitative estimate of drug-likeness (QED) is 0.755. The van der Waals surface area contributed by atoms with Gasteiger partial charge in [-0.1, -0.05) is 13.0 Å². The van der Waals surface area contributed by atoms with Crippen LogP contribution >= 0.6 is 0 Å². The largest absolute Gasteiger partial charge is 0.326 e. The molecule has 0 radical (unpaired) electrons. The first-order valence-corrected chi connectivity index (χ1v) is 4.90. The first kappa shape index (κ1) is 12.2. The van der Waals surface area contributed by atoms with Gasteiger partial charge in [0.1, 0.15) is 0 Å². The van der Waals surface area contributed by atoms with Crippen LogP contribution in [-0.4, -0.2) is 18.9 Å². The highest BCUT2D eigenvalue weighted by Crippen LogP contribution is 2.10. The molecule has 5 nitrogen and oxygen atoms in total. The molecule has 0 unspecified atom stereocenters. The van der Waals surface area contributed by atoms with Gasteiger partial charge < -0.3 is 5.32 Å². The highest BCUT2D eigenvalue weighted by molar-refractivity contribution is 5.96. The van der Waals surface area contributed by atoms with Crippen LogP contribution in [0.15, 0.2) is 24.3 Å². The van der Waals surface area contributed by atoms with Crippen molar-refractivity contribution in [3.63, 3.8) is 0 Å². The molecule has 0 saturated carbocycles. The van der Waals surface area contributed by atoms with Crippen molar-refractivity contribution < 1.29 is 14.4 Å². The maximum atomic E-state index is 11.4. The fraction of sp³-hybridized carbons (Fsp3) is 0.273. The summed E-state index contributed by atoms with van der Waals surface area (Å²) in [6, 6.07) is 6.63. The smallest absolute Gasteiger partial charge is 0.274 e. The molecule has 1 aromatic rings. The maximum absolute atomic E-state index is 11.4. The third kappa shape index (κ3) is 3.36. The van der Waals surface area contributed by atoms with Crippen molar-refractivity contribution in [2.24, 2.45) is 0 Å². The Balaban J connectivity index is 2.78. The van der Waals surface area contributed by atoms with Gasteiger partial charge in [-0.15, -0.1) is 0 Å². The number of carbonyl (C=O) groups excluding carboxylic acids is 2. The van der Waals surface area contributed by atoms with Crippen molar-refractivity contribution >= 4 is 17.5 Å². The zero-order chi connectivity index (χ0) is 12.0. The molecule has 5 heteroatoms. The van der Waals surface area contributed by atoms with E-state index in [1.807, 2.05) is 0 Å². The number of hydrogen-bond donors (Lipinski definition) is 2. The molecular formula is C11H14N2O3. The Bertz CT molecular complexity index is 391. The van der Waals surface area contributed by atoms with Crippen molar-refractivity contribution in [1.29, 1.82) is 0 Å². The van der Waals surface area contributed by atoms with E-state index >= 15 is 0 Å². The number of rotatable bonds is 4. The summed E-state index contributed by atoms with van der Waals surface area (Å²) in [6.45, 7) is 1.76. The van der Waals surface area contributed by atoms with E-state index in [1.54, 1.807) is 31.2 Å². The first-order chi connectivity index (χ1) is 7.67. The van der Waals surface area contributed by atoms with Crippen LogP contribution in [0.25, 0.3) is 0 Å². The molecule has 0 saturated heterocycles. The van der Waals surface area contributed by atoms with Crippen LogP contribution in [0.3, 0.4) is 0 Å². The zero-order valence-corrected chi connectivity index (χ0v) is 9.24. The van der Waals surface area contributed by atoms with Crippen LogP contribution in [0.4, 0.5) is 5.69 Å². The van der Waals surface area contributed by atoms with E-state index in [0.717, 1.165) is 0 Å². The van der Waals surface area contributed by atoms with Gasteiger partial charge in [0.25, 0.3) is 5.91 Å². The number of hydrogen-bond acceptors (Lipinski definition) is 3. The number of amides is 2. The topological polar surface area (TPSA) is 67.4 Å². The molecule has 1 rings (SSSR count). The average Bonchev–Trinajstić information content (AvgIpc) is 2.29. The Kier molecular flexibility index (Phi) is 4.47. The van der Waals surface area contributed by atoms with E-state index in [0.29, 0.717) is 17.7 Å². The zero-order valence-electron chi connectivity index (χ0n) is 9.24. The fourth-order valence-corrected chi connectivity index (χ4v) is 1.14. The molecule has 0 aliphatic heterocycles. The second-order valence-electron chi connectivity index (χ2n) is 3.12. The molecular weight excluding hydrogens is 208 g/mol. The molecule has 16 heavy (non-hydrogen) atoms. The minimum atomic E-state index is -0.352. The molecule has 86 valence electrons. The van der Waals surface area contributed by atoms with Crippen LogP contribution < -0.4 is 10.8 Å². The predicted octanol–water partition coefficient (Wildman–Crippen LogP) is 1.33. The van der Waals surface area contributed by atoms with E-state index in [9.17, 15) is 9.59 Å². The highest BCUT2D eigenvalue weighted by Gasteiger charge is 2.06. The number of anilines is 1. The van der Waals surface area contributed by atoms with Gasteiger partial charge in [-0.25, -0.2) is 5.48 Å². The molecule has 0 spiro atoms. The van der Waals surface area contributed by atoms with Crippen LogP contribution in [0.5, 0.6) is 0 Å². The normalized spacial score (nSPS) is 9.62. The van der Waals surface area contributed by atoms with Crippen molar-refractivity contribution in [2.75, 3.05) is 12.4 Å². The van der Waals surface area contributed by atoms with Crippen LogP contribution in [-0.2, 0) is 9.63 Å². The summed E-state index contributed by atoms with van der Waals surface area (Å²) in [5.41, 5.74) is 3.22. The fourth-order valence-electron chi connectivity index (χ4n) is 1.14. The Morgan fingerprint density at radius 2 is 2.12 bits per heavy atom. The lowest BCUT2D eigenvalue weighted by Gasteiger charge is -2.06. The third-order valence-corrected chi connectivity index (χ3v) is 1.92. The van der Waals surface area contributed by atoms with Gasteiger partial charge in [0, 0.05) is 17.7 Å². The SMILES string of the molecule is CCC(=O)Nc1cccc(C(=O)NOC)c1. The molecule has 0 fully saturated rings. The lowest BCUT2D eigenvalue weighted by molar-refractivity contribution is -0.115.